The second-order valence-electron chi connectivity index (χ2n) is 11.0. The van der Waals surface area contributed by atoms with Gasteiger partial charge >= 0.3 is 25.9 Å². The summed E-state index contributed by atoms with van der Waals surface area (Å²) in [5.41, 5.74) is 4.71. The van der Waals surface area contributed by atoms with E-state index >= 15 is 0 Å². The molecule has 0 aromatic rings. The van der Waals surface area contributed by atoms with E-state index < -0.39 is 55.4 Å². The summed E-state index contributed by atoms with van der Waals surface area (Å²) < 4.78 is 37.7. The number of alkyl carbamates (subject to hydrolysis) is 1. The SMILES string of the molecule is CC(C)OC(=O)NCCOP(=O)(O)OCC(COC(=O)C(C)(C)CCC(C)(C)N)OC(=O)C(C)C(C)C. The van der Waals surface area contributed by atoms with Crippen LogP contribution in [0.3, 0.4) is 0 Å². The highest BCUT2D eigenvalue weighted by Gasteiger charge is 2.33. The maximum Gasteiger partial charge on any atom is 0.472 e. The van der Waals surface area contributed by atoms with Gasteiger partial charge in [-0.2, -0.15) is 0 Å². The van der Waals surface area contributed by atoms with Crippen LogP contribution in [0.4, 0.5) is 4.79 Å². The van der Waals surface area contributed by atoms with Crippen LogP contribution in [0.1, 0.15) is 75.2 Å². The van der Waals surface area contributed by atoms with E-state index in [1.165, 1.54) is 0 Å². The summed E-state index contributed by atoms with van der Waals surface area (Å²) in [6.45, 7) is 14.5. The first-order chi connectivity index (χ1) is 16.8. The number of phosphoric acid groups is 1. The number of rotatable bonds is 17. The van der Waals surface area contributed by atoms with Crippen molar-refractivity contribution in [2.75, 3.05) is 26.4 Å². The summed E-state index contributed by atoms with van der Waals surface area (Å²) in [7, 11) is -4.57. The summed E-state index contributed by atoms with van der Waals surface area (Å²) in [6, 6.07) is 0. The third-order valence-corrected chi connectivity index (χ3v) is 6.38. The van der Waals surface area contributed by atoms with Crippen molar-refractivity contribution >= 4 is 25.9 Å². The Morgan fingerprint density at radius 3 is 2.05 bits per heavy atom. The van der Waals surface area contributed by atoms with E-state index in [2.05, 4.69) is 5.32 Å². The summed E-state index contributed by atoms with van der Waals surface area (Å²) in [6.07, 6.45) is -1.11. The highest BCUT2D eigenvalue weighted by atomic mass is 31.2. The van der Waals surface area contributed by atoms with Gasteiger partial charge in [0.25, 0.3) is 0 Å². The monoisotopic (exact) mass is 554 g/mol. The summed E-state index contributed by atoms with van der Waals surface area (Å²) in [5.74, 6) is -1.57. The van der Waals surface area contributed by atoms with Gasteiger partial charge in [0.05, 0.1) is 30.7 Å². The van der Waals surface area contributed by atoms with Gasteiger partial charge in [-0.15, -0.1) is 0 Å². The number of nitrogens with one attached hydrogen (secondary N) is 1. The molecule has 0 aromatic carbocycles. The average molecular weight is 555 g/mol. The number of amides is 1. The van der Waals surface area contributed by atoms with Gasteiger partial charge in [-0.3, -0.25) is 18.6 Å². The number of phosphoric ester groups is 1. The Hall–Kier alpha value is -1.72. The van der Waals surface area contributed by atoms with Crippen molar-refractivity contribution in [3.8, 4) is 0 Å². The Morgan fingerprint density at radius 1 is 0.946 bits per heavy atom. The molecule has 0 bridgehead atoms. The Bertz CT molecular complexity index is 780. The normalized spacial score (nSPS) is 15.6. The van der Waals surface area contributed by atoms with Crippen molar-refractivity contribution in [2.45, 2.75) is 92.9 Å². The van der Waals surface area contributed by atoms with Crippen molar-refractivity contribution in [1.29, 1.82) is 0 Å². The van der Waals surface area contributed by atoms with Crippen LogP contribution >= 0.6 is 7.82 Å². The van der Waals surface area contributed by atoms with Gasteiger partial charge in [0.1, 0.15) is 6.61 Å². The zero-order valence-corrected chi connectivity index (χ0v) is 24.6. The Morgan fingerprint density at radius 2 is 1.54 bits per heavy atom. The van der Waals surface area contributed by atoms with Gasteiger partial charge in [-0.05, 0) is 60.3 Å². The van der Waals surface area contributed by atoms with Gasteiger partial charge in [0.2, 0.25) is 0 Å². The molecule has 0 heterocycles. The lowest BCUT2D eigenvalue weighted by Crippen LogP contribution is -2.37. The summed E-state index contributed by atoms with van der Waals surface area (Å²) >= 11 is 0. The predicted octanol–water partition coefficient (Wildman–Crippen LogP) is 3.55. The van der Waals surface area contributed by atoms with Crippen LogP contribution in [-0.4, -0.2) is 67.0 Å². The zero-order chi connectivity index (χ0) is 29.0. The summed E-state index contributed by atoms with van der Waals surface area (Å²) in [5, 5.41) is 2.36. The van der Waals surface area contributed by atoms with Crippen molar-refractivity contribution in [3.63, 3.8) is 0 Å². The van der Waals surface area contributed by atoms with Crippen molar-refractivity contribution in [1.82, 2.24) is 5.32 Å². The molecule has 12 nitrogen and oxygen atoms in total. The number of carbonyl (C=O) groups is 3. The maximum atomic E-state index is 12.7. The van der Waals surface area contributed by atoms with Crippen molar-refractivity contribution < 1.29 is 47.1 Å². The Kier molecular flexibility index (Phi) is 14.9. The van der Waals surface area contributed by atoms with Gasteiger partial charge in [0.15, 0.2) is 6.10 Å². The third kappa shape index (κ3) is 16.7. The molecule has 0 spiro atoms. The van der Waals surface area contributed by atoms with E-state index in [-0.39, 0.29) is 31.8 Å². The molecule has 0 aliphatic heterocycles. The van der Waals surface area contributed by atoms with Crippen molar-refractivity contribution in [2.24, 2.45) is 23.0 Å². The molecule has 0 aliphatic rings. The molecule has 3 atom stereocenters. The molecular formula is C24H47N2O10P. The quantitative estimate of drug-likeness (QED) is 0.104. The first-order valence-corrected chi connectivity index (χ1v) is 14.0. The fourth-order valence-electron chi connectivity index (χ4n) is 2.55. The Balaban J connectivity index is 5.04. The average Bonchev–Trinajstić information content (AvgIpc) is 2.75. The topological polar surface area (TPSA) is 173 Å². The number of nitrogens with two attached hydrogens (primary N) is 1. The molecule has 3 unspecified atom stereocenters. The highest BCUT2D eigenvalue weighted by Crippen LogP contribution is 2.43. The number of hydrogen-bond acceptors (Lipinski definition) is 10. The third-order valence-electron chi connectivity index (χ3n) is 5.39. The Labute approximate surface area is 220 Å². The van der Waals surface area contributed by atoms with Crippen LogP contribution in [0.25, 0.3) is 0 Å². The molecule has 0 saturated heterocycles. The maximum absolute atomic E-state index is 12.7. The second kappa shape index (κ2) is 15.6. The van der Waals surface area contributed by atoms with Crippen LogP contribution in [0.5, 0.6) is 0 Å². The van der Waals surface area contributed by atoms with Crippen LogP contribution in [-0.2, 0) is 37.4 Å². The number of ether oxygens (including phenoxy) is 3. The standard InChI is InChI=1S/C24H47N2O10P/c1-16(2)18(5)20(27)36-19(14-32-21(28)23(6,7)10-11-24(8,9)25)15-34-37(30,31)33-13-12-26-22(29)35-17(3)4/h16-19H,10-15,25H2,1-9H3,(H,26,29)(H,30,31). The van der Waals surface area contributed by atoms with E-state index in [1.807, 2.05) is 27.7 Å². The zero-order valence-electron chi connectivity index (χ0n) is 23.7. The largest absolute Gasteiger partial charge is 0.472 e. The van der Waals surface area contributed by atoms with E-state index in [9.17, 15) is 23.8 Å². The molecule has 0 rings (SSSR count). The van der Waals surface area contributed by atoms with E-state index in [1.54, 1.807) is 34.6 Å². The fraction of sp³-hybridized carbons (Fsp3) is 0.875. The van der Waals surface area contributed by atoms with Gasteiger partial charge in [-0.25, -0.2) is 9.36 Å². The molecule has 0 aliphatic carbocycles. The molecule has 1 amide bonds. The number of esters is 2. The first-order valence-electron chi connectivity index (χ1n) is 12.5. The molecule has 0 saturated carbocycles. The minimum absolute atomic E-state index is 0.0164. The second-order valence-corrected chi connectivity index (χ2v) is 12.5. The lowest BCUT2D eigenvalue weighted by molar-refractivity contribution is -0.169. The predicted molar refractivity (Wildman–Crippen MR) is 137 cm³/mol. The minimum atomic E-state index is -4.57. The number of carbonyl (C=O) groups excluding carboxylic acids is 3. The van der Waals surface area contributed by atoms with Crippen molar-refractivity contribution in [3.05, 3.63) is 0 Å². The summed E-state index contributed by atoms with van der Waals surface area (Å²) in [4.78, 5) is 46.6. The van der Waals surface area contributed by atoms with E-state index in [0.29, 0.717) is 12.8 Å². The molecule has 0 aromatic heterocycles. The van der Waals surface area contributed by atoms with Crippen LogP contribution in [0.15, 0.2) is 0 Å². The lowest BCUT2D eigenvalue weighted by atomic mass is 9.83. The molecule has 0 fully saturated rings. The minimum Gasteiger partial charge on any atom is -0.461 e. The van der Waals surface area contributed by atoms with Crippen LogP contribution < -0.4 is 11.1 Å². The molecule has 4 N–H and O–H groups in total. The molecular weight excluding hydrogens is 507 g/mol. The fourth-order valence-corrected chi connectivity index (χ4v) is 3.30. The smallest absolute Gasteiger partial charge is 0.461 e. The highest BCUT2D eigenvalue weighted by molar-refractivity contribution is 7.47. The van der Waals surface area contributed by atoms with Crippen LogP contribution in [0.2, 0.25) is 0 Å². The first kappa shape index (κ1) is 35.3. The molecule has 0 radical (unpaired) electrons. The molecule has 13 heteroatoms. The molecule has 37 heavy (non-hydrogen) atoms. The van der Waals surface area contributed by atoms with E-state index in [0.717, 1.165) is 0 Å². The number of hydrogen-bond donors (Lipinski definition) is 3. The van der Waals surface area contributed by atoms with Gasteiger partial charge in [-0.1, -0.05) is 20.8 Å². The van der Waals surface area contributed by atoms with E-state index in [4.69, 9.17) is 29.0 Å². The lowest BCUT2D eigenvalue weighted by Gasteiger charge is -2.28. The van der Waals surface area contributed by atoms with Gasteiger partial charge < -0.3 is 30.2 Å². The molecule has 218 valence electrons. The van der Waals surface area contributed by atoms with Gasteiger partial charge in [0, 0.05) is 12.1 Å². The van der Waals surface area contributed by atoms with Crippen LogP contribution in [0, 0.1) is 17.3 Å².